The molecule has 0 bridgehead atoms. The summed E-state index contributed by atoms with van der Waals surface area (Å²) in [5.41, 5.74) is 8.61. The molecule has 0 heteroatoms. The normalized spacial score (nSPS) is 11.6. The van der Waals surface area contributed by atoms with E-state index in [0.717, 1.165) is 12.8 Å². The van der Waals surface area contributed by atoms with Gasteiger partial charge in [-0.2, -0.15) is 0 Å². The Kier molecular flexibility index (Phi) is 6.08. The van der Waals surface area contributed by atoms with Crippen molar-refractivity contribution in [2.45, 2.75) is 60.8 Å². The van der Waals surface area contributed by atoms with Crippen molar-refractivity contribution in [1.82, 2.24) is 0 Å². The minimum atomic E-state index is 1.07. The lowest BCUT2D eigenvalue weighted by molar-refractivity contribution is 0.953. The van der Waals surface area contributed by atoms with Gasteiger partial charge in [-0.3, -0.25) is 0 Å². The standard InChI is InChI=1S/C19H28/c1-14(2)8-7-9-15(3)10-11-19-17(5)12-16(4)13-18(19)6/h8,10,12-13H,7,9,11H2,1-6H3/b15-10+. The second-order valence-corrected chi connectivity index (χ2v) is 5.95. The van der Waals surface area contributed by atoms with Crippen LogP contribution in [0.2, 0.25) is 0 Å². The van der Waals surface area contributed by atoms with E-state index < -0.39 is 0 Å². The molecule has 0 aliphatic carbocycles. The van der Waals surface area contributed by atoms with Crippen LogP contribution < -0.4 is 0 Å². The first-order chi connectivity index (χ1) is 8.90. The highest BCUT2D eigenvalue weighted by Gasteiger charge is 2.02. The molecule has 0 unspecified atom stereocenters. The van der Waals surface area contributed by atoms with Gasteiger partial charge in [0.1, 0.15) is 0 Å². The first-order valence-electron chi connectivity index (χ1n) is 7.26. The molecule has 19 heavy (non-hydrogen) atoms. The van der Waals surface area contributed by atoms with Crippen LogP contribution in [0, 0.1) is 20.8 Å². The zero-order valence-electron chi connectivity index (χ0n) is 13.4. The van der Waals surface area contributed by atoms with E-state index >= 15 is 0 Å². The van der Waals surface area contributed by atoms with E-state index in [-0.39, 0.29) is 0 Å². The Bertz CT molecular complexity index is 460. The van der Waals surface area contributed by atoms with Crippen molar-refractivity contribution >= 4 is 0 Å². The molecular formula is C19H28. The van der Waals surface area contributed by atoms with Gasteiger partial charge in [0.25, 0.3) is 0 Å². The van der Waals surface area contributed by atoms with Crippen LogP contribution in [-0.4, -0.2) is 0 Å². The number of aryl methyl sites for hydroxylation is 3. The maximum absolute atomic E-state index is 2.39. The van der Waals surface area contributed by atoms with Crippen molar-refractivity contribution in [3.8, 4) is 0 Å². The number of benzene rings is 1. The predicted octanol–water partition coefficient (Wildman–Crippen LogP) is 5.85. The molecule has 0 saturated carbocycles. The Morgan fingerprint density at radius 2 is 1.53 bits per heavy atom. The van der Waals surface area contributed by atoms with Crippen LogP contribution in [0.5, 0.6) is 0 Å². The molecule has 0 radical (unpaired) electrons. The molecule has 0 amide bonds. The third-order valence-electron chi connectivity index (χ3n) is 3.59. The molecule has 0 saturated heterocycles. The molecule has 0 aliphatic rings. The molecule has 0 N–H and O–H groups in total. The average Bonchev–Trinajstić information content (AvgIpc) is 2.26. The first-order valence-corrected chi connectivity index (χ1v) is 7.26. The number of rotatable bonds is 5. The van der Waals surface area contributed by atoms with Gasteiger partial charge in [-0.1, -0.05) is 41.0 Å². The molecule has 0 heterocycles. The Morgan fingerprint density at radius 1 is 0.947 bits per heavy atom. The van der Waals surface area contributed by atoms with E-state index in [1.807, 2.05) is 0 Å². The van der Waals surface area contributed by atoms with Gasteiger partial charge in [0.15, 0.2) is 0 Å². The molecule has 0 nitrogen and oxygen atoms in total. The van der Waals surface area contributed by atoms with E-state index in [1.165, 1.54) is 39.8 Å². The van der Waals surface area contributed by atoms with Gasteiger partial charge < -0.3 is 0 Å². The summed E-state index contributed by atoms with van der Waals surface area (Å²) in [6.07, 6.45) is 8.12. The van der Waals surface area contributed by atoms with Crippen LogP contribution in [0.1, 0.15) is 55.9 Å². The summed E-state index contributed by atoms with van der Waals surface area (Å²) in [7, 11) is 0. The molecular weight excluding hydrogens is 228 g/mol. The van der Waals surface area contributed by atoms with Crippen molar-refractivity contribution in [2.24, 2.45) is 0 Å². The summed E-state index contributed by atoms with van der Waals surface area (Å²) in [6, 6.07) is 4.57. The monoisotopic (exact) mass is 256 g/mol. The largest absolute Gasteiger partial charge is 0.0856 e. The highest BCUT2D eigenvalue weighted by atomic mass is 14.1. The maximum atomic E-state index is 2.39. The number of hydrogen-bond donors (Lipinski definition) is 0. The van der Waals surface area contributed by atoms with Gasteiger partial charge in [-0.25, -0.2) is 0 Å². The van der Waals surface area contributed by atoms with Crippen LogP contribution in [0.3, 0.4) is 0 Å². The van der Waals surface area contributed by atoms with Gasteiger partial charge in [-0.15, -0.1) is 0 Å². The van der Waals surface area contributed by atoms with Crippen LogP contribution in [0.25, 0.3) is 0 Å². The zero-order chi connectivity index (χ0) is 14.4. The summed E-state index contributed by atoms with van der Waals surface area (Å²) in [6.45, 7) is 13.2. The fourth-order valence-corrected chi connectivity index (χ4v) is 2.50. The first kappa shape index (κ1) is 15.8. The Hall–Kier alpha value is -1.30. The van der Waals surface area contributed by atoms with E-state index in [4.69, 9.17) is 0 Å². The van der Waals surface area contributed by atoms with Gasteiger partial charge in [0, 0.05) is 0 Å². The second kappa shape index (κ2) is 7.33. The predicted molar refractivity (Wildman–Crippen MR) is 86.8 cm³/mol. The molecule has 104 valence electrons. The summed E-state index contributed by atoms with van der Waals surface area (Å²) < 4.78 is 0. The molecule has 0 aromatic heterocycles. The zero-order valence-corrected chi connectivity index (χ0v) is 13.4. The molecule has 1 aromatic rings. The van der Waals surface area contributed by atoms with E-state index in [9.17, 15) is 0 Å². The van der Waals surface area contributed by atoms with Gasteiger partial charge in [0.2, 0.25) is 0 Å². The van der Waals surface area contributed by atoms with Crippen molar-refractivity contribution in [3.05, 3.63) is 57.7 Å². The molecule has 1 rings (SSSR count). The molecule has 0 fully saturated rings. The fourth-order valence-electron chi connectivity index (χ4n) is 2.50. The van der Waals surface area contributed by atoms with Crippen LogP contribution >= 0.6 is 0 Å². The van der Waals surface area contributed by atoms with E-state index in [2.05, 4.69) is 65.8 Å². The summed E-state index contributed by atoms with van der Waals surface area (Å²) in [5, 5.41) is 0. The molecule has 0 aliphatic heterocycles. The minimum absolute atomic E-state index is 1.07. The van der Waals surface area contributed by atoms with Gasteiger partial charge in [0.05, 0.1) is 0 Å². The maximum Gasteiger partial charge on any atom is -0.00896 e. The van der Waals surface area contributed by atoms with E-state index in [0.29, 0.717) is 0 Å². The van der Waals surface area contributed by atoms with Crippen molar-refractivity contribution in [2.75, 3.05) is 0 Å². The lowest BCUT2D eigenvalue weighted by Crippen LogP contribution is -1.94. The number of allylic oxidation sites excluding steroid dienone is 4. The van der Waals surface area contributed by atoms with Crippen LogP contribution in [0.4, 0.5) is 0 Å². The Labute approximate surface area is 119 Å². The van der Waals surface area contributed by atoms with Crippen LogP contribution in [-0.2, 0) is 6.42 Å². The van der Waals surface area contributed by atoms with Crippen molar-refractivity contribution in [1.29, 1.82) is 0 Å². The topological polar surface area (TPSA) is 0 Å². The quantitative estimate of drug-likeness (QED) is 0.580. The van der Waals surface area contributed by atoms with Crippen molar-refractivity contribution < 1.29 is 0 Å². The Morgan fingerprint density at radius 3 is 2.05 bits per heavy atom. The lowest BCUT2D eigenvalue weighted by Gasteiger charge is -2.10. The van der Waals surface area contributed by atoms with Crippen molar-refractivity contribution in [3.63, 3.8) is 0 Å². The summed E-state index contributed by atoms with van der Waals surface area (Å²) in [4.78, 5) is 0. The Balaban J connectivity index is 2.68. The third kappa shape index (κ3) is 5.46. The SMILES string of the molecule is CC(C)=CCC/C(C)=C/Cc1c(C)cc(C)cc1C. The van der Waals surface area contributed by atoms with E-state index in [1.54, 1.807) is 0 Å². The van der Waals surface area contributed by atoms with Crippen LogP contribution in [0.15, 0.2) is 35.4 Å². The molecule has 1 aromatic carbocycles. The second-order valence-electron chi connectivity index (χ2n) is 5.95. The molecule has 0 spiro atoms. The van der Waals surface area contributed by atoms with Gasteiger partial charge in [-0.05, 0) is 77.5 Å². The molecule has 0 atom stereocenters. The highest BCUT2D eigenvalue weighted by molar-refractivity contribution is 5.38. The third-order valence-corrected chi connectivity index (χ3v) is 3.59. The lowest BCUT2D eigenvalue weighted by atomic mass is 9.96. The number of hydrogen-bond acceptors (Lipinski definition) is 0. The smallest absolute Gasteiger partial charge is 0.00896 e. The average molecular weight is 256 g/mol. The fraction of sp³-hybridized carbons (Fsp3) is 0.474. The van der Waals surface area contributed by atoms with Gasteiger partial charge >= 0.3 is 0 Å². The summed E-state index contributed by atoms with van der Waals surface area (Å²) in [5.74, 6) is 0. The highest BCUT2D eigenvalue weighted by Crippen LogP contribution is 2.18. The minimum Gasteiger partial charge on any atom is -0.0856 e. The summed E-state index contributed by atoms with van der Waals surface area (Å²) >= 11 is 0.